The van der Waals surface area contributed by atoms with Crippen molar-refractivity contribution in [1.82, 2.24) is 0 Å². The molecule has 28 heavy (non-hydrogen) atoms. The highest BCUT2D eigenvalue weighted by Crippen LogP contribution is 2.37. The van der Waals surface area contributed by atoms with Gasteiger partial charge in [-0.15, -0.1) is 0 Å². The van der Waals surface area contributed by atoms with Crippen LogP contribution in [0.1, 0.15) is 119 Å². The number of ether oxygens (including phenoxy) is 1. The molecule has 1 aromatic carbocycles. The van der Waals surface area contributed by atoms with E-state index in [-0.39, 0.29) is 12.1 Å². The number of carbonyl (C=O) groups is 1. The highest BCUT2D eigenvalue weighted by molar-refractivity contribution is 5.89. The Morgan fingerprint density at radius 1 is 0.857 bits per heavy atom. The van der Waals surface area contributed by atoms with Gasteiger partial charge < -0.3 is 4.74 Å². The van der Waals surface area contributed by atoms with Gasteiger partial charge >= 0.3 is 5.97 Å². The normalized spacial score (nSPS) is 28.1. The van der Waals surface area contributed by atoms with Crippen LogP contribution in [-0.4, -0.2) is 12.1 Å². The molecule has 0 amide bonds. The lowest BCUT2D eigenvalue weighted by Crippen LogP contribution is -2.24. The first-order chi connectivity index (χ1) is 13.7. The van der Waals surface area contributed by atoms with Crippen molar-refractivity contribution in [2.45, 2.75) is 109 Å². The fraction of sp³-hybridized carbons (Fsp3) is 0.731. The number of unbranched alkanes of at least 4 members (excludes halogenated alkanes) is 2. The molecule has 156 valence electrons. The summed E-state index contributed by atoms with van der Waals surface area (Å²) >= 11 is 0. The molecule has 2 aliphatic rings. The first-order valence-electron chi connectivity index (χ1n) is 12.0. The topological polar surface area (TPSA) is 26.3 Å². The first-order valence-corrected chi connectivity index (χ1v) is 12.0. The summed E-state index contributed by atoms with van der Waals surface area (Å²) in [5.41, 5.74) is 2.12. The van der Waals surface area contributed by atoms with Crippen LogP contribution in [0.25, 0.3) is 0 Å². The van der Waals surface area contributed by atoms with Gasteiger partial charge in [-0.1, -0.05) is 58.1 Å². The Kier molecular flexibility index (Phi) is 8.43. The van der Waals surface area contributed by atoms with Gasteiger partial charge in [0.15, 0.2) is 0 Å². The molecular weight excluding hydrogens is 344 g/mol. The van der Waals surface area contributed by atoms with Crippen molar-refractivity contribution in [2.24, 2.45) is 11.8 Å². The lowest BCUT2D eigenvalue weighted by atomic mass is 9.78. The van der Waals surface area contributed by atoms with Crippen LogP contribution in [0.3, 0.4) is 0 Å². The molecule has 0 radical (unpaired) electrons. The van der Waals surface area contributed by atoms with E-state index in [2.05, 4.69) is 26.0 Å². The molecule has 2 saturated carbocycles. The van der Waals surface area contributed by atoms with Crippen LogP contribution < -0.4 is 0 Å². The molecule has 0 saturated heterocycles. The van der Waals surface area contributed by atoms with Crippen molar-refractivity contribution in [3.63, 3.8) is 0 Å². The van der Waals surface area contributed by atoms with Crippen LogP contribution in [0.5, 0.6) is 0 Å². The van der Waals surface area contributed by atoms with Gasteiger partial charge in [-0.3, -0.25) is 0 Å². The summed E-state index contributed by atoms with van der Waals surface area (Å²) in [6.07, 6.45) is 16.6. The lowest BCUT2D eigenvalue weighted by molar-refractivity contribution is 0.0161. The van der Waals surface area contributed by atoms with E-state index in [4.69, 9.17) is 4.74 Å². The van der Waals surface area contributed by atoms with E-state index >= 15 is 0 Å². The summed E-state index contributed by atoms with van der Waals surface area (Å²) in [5.74, 6) is 2.32. The van der Waals surface area contributed by atoms with E-state index in [9.17, 15) is 4.79 Å². The van der Waals surface area contributed by atoms with Crippen LogP contribution in [0.2, 0.25) is 0 Å². The Labute approximate surface area is 172 Å². The Balaban J connectivity index is 1.43. The summed E-state index contributed by atoms with van der Waals surface area (Å²) in [6.45, 7) is 4.57. The second kappa shape index (κ2) is 11.0. The Morgan fingerprint density at radius 2 is 1.50 bits per heavy atom. The molecule has 1 aromatic rings. The maximum atomic E-state index is 12.6. The van der Waals surface area contributed by atoms with Gasteiger partial charge in [0.25, 0.3) is 0 Å². The van der Waals surface area contributed by atoms with Crippen molar-refractivity contribution in [1.29, 1.82) is 0 Å². The molecule has 2 fully saturated rings. The fourth-order valence-electron chi connectivity index (χ4n) is 5.24. The minimum absolute atomic E-state index is 0.124. The average Bonchev–Trinajstić information content (AvgIpc) is 2.75. The van der Waals surface area contributed by atoms with Crippen molar-refractivity contribution in [2.75, 3.05) is 0 Å². The Hall–Kier alpha value is -1.31. The van der Waals surface area contributed by atoms with E-state index < -0.39 is 0 Å². The third-order valence-electron chi connectivity index (χ3n) is 7.33. The molecule has 2 nitrogen and oxygen atoms in total. The molecule has 0 N–H and O–H groups in total. The third-order valence-corrected chi connectivity index (χ3v) is 7.33. The minimum Gasteiger partial charge on any atom is -0.459 e. The van der Waals surface area contributed by atoms with E-state index in [1.807, 2.05) is 12.1 Å². The number of hydrogen-bond donors (Lipinski definition) is 0. The van der Waals surface area contributed by atoms with E-state index in [1.54, 1.807) is 0 Å². The van der Waals surface area contributed by atoms with Gasteiger partial charge in [-0.25, -0.2) is 4.79 Å². The Morgan fingerprint density at radius 3 is 2.11 bits per heavy atom. The SMILES string of the molecule is CCCCCC1CCC(OC(=O)c2ccc(C3CCC(CC)CC3)cc2)CC1. The summed E-state index contributed by atoms with van der Waals surface area (Å²) < 4.78 is 5.83. The van der Waals surface area contributed by atoms with Crippen LogP contribution in [0.4, 0.5) is 0 Å². The summed E-state index contributed by atoms with van der Waals surface area (Å²) in [5, 5.41) is 0. The standard InChI is InChI=1S/C26H40O2/c1-3-5-6-7-21-10-18-25(19-11-21)28-26(27)24-16-14-23(15-17-24)22-12-8-20(4-2)9-13-22/h14-17,20-22,25H,3-13,18-19H2,1-2H3. The average molecular weight is 385 g/mol. The zero-order chi connectivity index (χ0) is 19.8. The van der Waals surface area contributed by atoms with Gasteiger partial charge in [0.1, 0.15) is 6.10 Å². The molecule has 3 rings (SSSR count). The molecular formula is C26H40O2. The van der Waals surface area contributed by atoms with E-state index in [0.29, 0.717) is 5.92 Å². The number of benzene rings is 1. The number of hydrogen-bond acceptors (Lipinski definition) is 2. The highest BCUT2D eigenvalue weighted by atomic mass is 16.5. The predicted molar refractivity (Wildman–Crippen MR) is 117 cm³/mol. The predicted octanol–water partition coefficient (Wildman–Crippen LogP) is 7.67. The van der Waals surface area contributed by atoms with Gasteiger partial charge in [0.2, 0.25) is 0 Å². The number of carbonyl (C=O) groups excluding carboxylic acids is 1. The molecule has 0 bridgehead atoms. The van der Waals surface area contributed by atoms with Crippen molar-refractivity contribution in [3.8, 4) is 0 Å². The first kappa shape index (κ1) is 21.4. The lowest BCUT2D eigenvalue weighted by Gasteiger charge is -2.29. The smallest absolute Gasteiger partial charge is 0.338 e. The summed E-state index contributed by atoms with van der Waals surface area (Å²) in [6, 6.07) is 8.30. The third kappa shape index (κ3) is 6.09. The molecule has 0 atom stereocenters. The zero-order valence-corrected chi connectivity index (χ0v) is 18.1. The van der Waals surface area contributed by atoms with Gasteiger partial charge in [-0.05, 0) is 86.8 Å². The number of rotatable bonds is 8. The second-order valence-corrected chi connectivity index (χ2v) is 9.29. The number of esters is 1. The fourth-order valence-corrected chi connectivity index (χ4v) is 5.24. The molecule has 0 aromatic heterocycles. The van der Waals surface area contributed by atoms with E-state index in [0.717, 1.165) is 30.2 Å². The largest absolute Gasteiger partial charge is 0.459 e. The molecule has 0 heterocycles. The van der Waals surface area contributed by atoms with Crippen LogP contribution >= 0.6 is 0 Å². The highest BCUT2D eigenvalue weighted by Gasteiger charge is 2.25. The molecule has 2 heteroatoms. The molecule has 2 aliphatic carbocycles. The van der Waals surface area contributed by atoms with Crippen LogP contribution in [-0.2, 0) is 4.74 Å². The van der Waals surface area contributed by atoms with Crippen molar-refractivity contribution in [3.05, 3.63) is 35.4 Å². The second-order valence-electron chi connectivity index (χ2n) is 9.29. The summed E-state index contributed by atoms with van der Waals surface area (Å²) in [7, 11) is 0. The van der Waals surface area contributed by atoms with Crippen LogP contribution in [0, 0.1) is 11.8 Å². The maximum absolute atomic E-state index is 12.6. The monoisotopic (exact) mass is 384 g/mol. The van der Waals surface area contributed by atoms with Crippen molar-refractivity contribution >= 4 is 5.97 Å². The van der Waals surface area contributed by atoms with Gasteiger partial charge in [-0.2, -0.15) is 0 Å². The minimum atomic E-state index is -0.129. The quantitative estimate of drug-likeness (QED) is 0.339. The van der Waals surface area contributed by atoms with Crippen molar-refractivity contribution < 1.29 is 9.53 Å². The summed E-state index contributed by atoms with van der Waals surface area (Å²) in [4.78, 5) is 12.6. The Bertz CT molecular complexity index is 575. The van der Waals surface area contributed by atoms with E-state index in [1.165, 1.54) is 76.2 Å². The molecule has 0 aliphatic heterocycles. The van der Waals surface area contributed by atoms with Gasteiger partial charge in [0.05, 0.1) is 5.56 Å². The maximum Gasteiger partial charge on any atom is 0.338 e. The van der Waals surface area contributed by atoms with Crippen LogP contribution in [0.15, 0.2) is 24.3 Å². The zero-order valence-electron chi connectivity index (χ0n) is 18.1. The molecule has 0 unspecified atom stereocenters. The van der Waals surface area contributed by atoms with Gasteiger partial charge in [0, 0.05) is 0 Å². The molecule has 0 spiro atoms.